The number of nitrogens with one attached hydrogen (secondary N) is 1. The van der Waals surface area contributed by atoms with Gasteiger partial charge in [-0.3, -0.25) is 14.3 Å². The van der Waals surface area contributed by atoms with Gasteiger partial charge in [0.25, 0.3) is 5.91 Å². The number of carbonyl (C=O) groups is 2. The van der Waals surface area contributed by atoms with Gasteiger partial charge in [-0.2, -0.15) is 5.10 Å². The number of hydrogen-bond acceptors (Lipinski definition) is 3. The molecule has 0 fully saturated rings. The van der Waals surface area contributed by atoms with Gasteiger partial charge in [-0.15, -0.1) is 0 Å². The molecule has 128 valence electrons. The van der Waals surface area contributed by atoms with Crippen LogP contribution in [0.25, 0.3) is 0 Å². The Hall–Kier alpha value is -2.63. The van der Waals surface area contributed by atoms with E-state index >= 15 is 0 Å². The molecule has 0 radical (unpaired) electrons. The summed E-state index contributed by atoms with van der Waals surface area (Å²) in [5.41, 5.74) is 1.50. The maximum absolute atomic E-state index is 12.7. The van der Waals surface area contributed by atoms with Gasteiger partial charge >= 0.3 is 0 Å². The van der Waals surface area contributed by atoms with Crippen LogP contribution in [0.1, 0.15) is 29.8 Å². The minimum Gasteiger partial charge on any atom is -0.340 e. The summed E-state index contributed by atoms with van der Waals surface area (Å²) in [5, 5.41) is 6.96. The van der Waals surface area contributed by atoms with Gasteiger partial charge in [-0.1, -0.05) is 32.0 Å². The SMILES string of the molecule is CC(C)[C@H](NC(=O)c1ccccc1)C(=O)N(C)Cc1cnn(C)c1. The topological polar surface area (TPSA) is 67.2 Å². The molecule has 1 aromatic carbocycles. The van der Waals surface area contributed by atoms with E-state index in [9.17, 15) is 9.59 Å². The molecule has 6 nitrogen and oxygen atoms in total. The van der Waals surface area contributed by atoms with Crippen LogP contribution >= 0.6 is 0 Å². The van der Waals surface area contributed by atoms with Crippen LogP contribution in [0.2, 0.25) is 0 Å². The third kappa shape index (κ3) is 4.44. The van der Waals surface area contributed by atoms with Crippen LogP contribution in [0.5, 0.6) is 0 Å². The number of benzene rings is 1. The molecular weight excluding hydrogens is 304 g/mol. The Labute approximate surface area is 142 Å². The summed E-state index contributed by atoms with van der Waals surface area (Å²) >= 11 is 0. The van der Waals surface area contributed by atoms with E-state index in [0.717, 1.165) is 5.56 Å². The molecule has 0 aliphatic heterocycles. The minimum absolute atomic E-state index is 0.0125. The highest BCUT2D eigenvalue weighted by Gasteiger charge is 2.27. The molecule has 1 N–H and O–H groups in total. The first-order valence-corrected chi connectivity index (χ1v) is 7.97. The molecule has 6 heteroatoms. The number of carbonyl (C=O) groups excluding carboxylic acids is 2. The molecule has 0 saturated carbocycles. The Kier molecular flexibility index (Phi) is 5.73. The van der Waals surface area contributed by atoms with E-state index in [0.29, 0.717) is 12.1 Å². The maximum Gasteiger partial charge on any atom is 0.251 e. The van der Waals surface area contributed by atoms with Crippen molar-refractivity contribution in [3.8, 4) is 0 Å². The molecule has 1 heterocycles. The van der Waals surface area contributed by atoms with Crippen LogP contribution in [0.15, 0.2) is 42.7 Å². The van der Waals surface area contributed by atoms with Crippen LogP contribution in [-0.2, 0) is 18.4 Å². The third-order valence-corrected chi connectivity index (χ3v) is 3.81. The van der Waals surface area contributed by atoms with Crippen LogP contribution in [0.4, 0.5) is 0 Å². The summed E-state index contributed by atoms with van der Waals surface area (Å²) in [6.07, 6.45) is 3.60. The molecular formula is C18H24N4O2. The molecule has 2 rings (SSSR count). The summed E-state index contributed by atoms with van der Waals surface area (Å²) in [7, 11) is 3.57. The standard InChI is InChI=1S/C18H24N4O2/c1-13(2)16(20-17(23)15-8-6-5-7-9-15)18(24)21(3)11-14-10-19-22(4)12-14/h5-10,12-13,16H,11H2,1-4H3,(H,20,23)/t16-/m0/s1. The zero-order valence-corrected chi connectivity index (χ0v) is 14.6. The molecule has 0 aliphatic rings. The predicted octanol–water partition coefficient (Wildman–Crippen LogP) is 1.83. The lowest BCUT2D eigenvalue weighted by Crippen LogP contribution is -2.50. The second-order valence-corrected chi connectivity index (χ2v) is 6.28. The van der Waals surface area contributed by atoms with Crippen LogP contribution in [0, 0.1) is 5.92 Å². The summed E-state index contributed by atoms with van der Waals surface area (Å²) in [5.74, 6) is -0.364. The molecule has 0 aliphatic carbocycles. The molecule has 0 saturated heterocycles. The van der Waals surface area contributed by atoms with E-state index in [1.807, 2.05) is 33.2 Å². The van der Waals surface area contributed by atoms with Gasteiger partial charge in [0.05, 0.1) is 6.20 Å². The van der Waals surface area contributed by atoms with E-state index < -0.39 is 6.04 Å². The monoisotopic (exact) mass is 328 g/mol. The second-order valence-electron chi connectivity index (χ2n) is 6.28. The molecule has 0 unspecified atom stereocenters. The Morgan fingerprint density at radius 2 is 1.92 bits per heavy atom. The third-order valence-electron chi connectivity index (χ3n) is 3.81. The number of likely N-dealkylation sites (N-methyl/N-ethyl adjacent to an activating group) is 1. The number of rotatable bonds is 6. The van der Waals surface area contributed by atoms with Crippen molar-refractivity contribution in [1.29, 1.82) is 0 Å². The zero-order chi connectivity index (χ0) is 17.7. The predicted molar refractivity (Wildman–Crippen MR) is 92.2 cm³/mol. The Balaban J connectivity index is 2.05. The second kappa shape index (κ2) is 7.77. The molecule has 2 amide bonds. The Bertz CT molecular complexity index is 694. The minimum atomic E-state index is -0.570. The van der Waals surface area contributed by atoms with Gasteiger partial charge in [0.2, 0.25) is 5.91 Å². The fourth-order valence-electron chi connectivity index (χ4n) is 2.47. The number of amides is 2. The fraction of sp³-hybridized carbons (Fsp3) is 0.389. The average Bonchev–Trinajstić information content (AvgIpc) is 2.97. The van der Waals surface area contributed by atoms with Crippen LogP contribution in [-0.4, -0.2) is 39.6 Å². The smallest absolute Gasteiger partial charge is 0.251 e. The van der Waals surface area contributed by atoms with Gasteiger partial charge in [-0.25, -0.2) is 0 Å². The van der Waals surface area contributed by atoms with Crippen molar-refractivity contribution in [3.63, 3.8) is 0 Å². The van der Waals surface area contributed by atoms with Crippen LogP contribution in [0.3, 0.4) is 0 Å². The molecule has 0 bridgehead atoms. The first kappa shape index (κ1) is 17.7. The quantitative estimate of drug-likeness (QED) is 0.880. The highest BCUT2D eigenvalue weighted by Crippen LogP contribution is 2.10. The number of aromatic nitrogens is 2. The maximum atomic E-state index is 12.7. The summed E-state index contributed by atoms with van der Waals surface area (Å²) < 4.78 is 1.70. The van der Waals surface area contributed by atoms with E-state index in [-0.39, 0.29) is 17.7 Å². The normalized spacial score (nSPS) is 12.0. The largest absolute Gasteiger partial charge is 0.340 e. The lowest BCUT2D eigenvalue weighted by Gasteiger charge is -2.27. The molecule has 0 spiro atoms. The van der Waals surface area contributed by atoms with Crippen molar-refractivity contribution in [2.75, 3.05) is 7.05 Å². The number of hydrogen-bond donors (Lipinski definition) is 1. The van der Waals surface area contributed by atoms with Crippen molar-refractivity contribution in [2.45, 2.75) is 26.4 Å². The van der Waals surface area contributed by atoms with Crippen molar-refractivity contribution in [3.05, 3.63) is 53.9 Å². The Morgan fingerprint density at radius 3 is 2.46 bits per heavy atom. The number of aryl methyl sites for hydroxylation is 1. The first-order valence-electron chi connectivity index (χ1n) is 7.97. The summed E-state index contributed by atoms with van der Waals surface area (Å²) in [4.78, 5) is 26.7. The lowest BCUT2D eigenvalue weighted by atomic mass is 10.0. The Morgan fingerprint density at radius 1 is 1.25 bits per heavy atom. The molecule has 2 aromatic rings. The lowest BCUT2D eigenvalue weighted by molar-refractivity contribution is -0.133. The van der Waals surface area contributed by atoms with Gasteiger partial charge in [0, 0.05) is 38.0 Å². The van der Waals surface area contributed by atoms with Crippen molar-refractivity contribution in [2.24, 2.45) is 13.0 Å². The van der Waals surface area contributed by atoms with Gasteiger partial charge < -0.3 is 10.2 Å². The van der Waals surface area contributed by atoms with E-state index in [1.54, 1.807) is 47.1 Å². The van der Waals surface area contributed by atoms with Crippen molar-refractivity contribution < 1.29 is 9.59 Å². The van der Waals surface area contributed by atoms with E-state index in [2.05, 4.69) is 10.4 Å². The number of nitrogens with zero attached hydrogens (tertiary/aromatic N) is 3. The molecule has 1 atom stereocenters. The van der Waals surface area contributed by atoms with Gasteiger partial charge in [0.15, 0.2) is 0 Å². The molecule has 24 heavy (non-hydrogen) atoms. The van der Waals surface area contributed by atoms with E-state index in [4.69, 9.17) is 0 Å². The van der Waals surface area contributed by atoms with Crippen molar-refractivity contribution in [1.82, 2.24) is 20.0 Å². The van der Waals surface area contributed by atoms with E-state index in [1.165, 1.54) is 0 Å². The fourth-order valence-corrected chi connectivity index (χ4v) is 2.47. The summed E-state index contributed by atoms with van der Waals surface area (Å²) in [6.45, 7) is 4.30. The summed E-state index contributed by atoms with van der Waals surface area (Å²) in [6, 6.07) is 8.35. The average molecular weight is 328 g/mol. The van der Waals surface area contributed by atoms with Gasteiger partial charge in [0.1, 0.15) is 6.04 Å². The zero-order valence-electron chi connectivity index (χ0n) is 14.6. The van der Waals surface area contributed by atoms with Crippen molar-refractivity contribution >= 4 is 11.8 Å². The highest BCUT2D eigenvalue weighted by atomic mass is 16.2. The highest BCUT2D eigenvalue weighted by molar-refractivity contribution is 5.97. The van der Waals surface area contributed by atoms with Gasteiger partial charge in [-0.05, 0) is 18.1 Å². The first-order chi connectivity index (χ1) is 11.4. The molecule has 1 aromatic heterocycles. The van der Waals surface area contributed by atoms with Crippen LogP contribution < -0.4 is 5.32 Å².